The predicted octanol–water partition coefficient (Wildman–Crippen LogP) is 4.22. The van der Waals surface area contributed by atoms with Crippen LogP contribution >= 0.6 is 34.4 Å². The standard InChI is InChI=1S/C18H17IN3S/c1-13-7-9-14(10-8-13)17-20-22-16(11-19)12-23-18(22)21(17)15-5-3-2-4-6-15/h2-10,16H,11-12H2,1H3/q+1/t16-/m0/s1. The van der Waals surface area contributed by atoms with Crippen molar-refractivity contribution in [1.29, 1.82) is 0 Å². The van der Waals surface area contributed by atoms with Gasteiger partial charge in [-0.25, -0.2) is 0 Å². The third-order valence-corrected chi connectivity index (χ3v) is 6.25. The number of hydrogen-bond donors (Lipinski definition) is 0. The van der Waals surface area contributed by atoms with E-state index in [0.717, 1.165) is 21.6 Å². The molecule has 0 bridgehead atoms. The van der Waals surface area contributed by atoms with Crippen LogP contribution in [0.15, 0.2) is 59.8 Å². The lowest BCUT2D eigenvalue weighted by atomic mass is 10.1. The maximum absolute atomic E-state index is 4.97. The first-order valence-electron chi connectivity index (χ1n) is 7.63. The summed E-state index contributed by atoms with van der Waals surface area (Å²) in [5, 5.41) is 6.20. The van der Waals surface area contributed by atoms with E-state index in [1.807, 2.05) is 11.8 Å². The largest absolute Gasteiger partial charge is 0.314 e. The van der Waals surface area contributed by atoms with E-state index in [0.29, 0.717) is 6.04 Å². The Morgan fingerprint density at radius 1 is 1.17 bits per heavy atom. The molecule has 116 valence electrons. The third kappa shape index (κ3) is 2.70. The Morgan fingerprint density at radius 2 is 1.91 bits per heavy atom. The molecule has 0 spiro atoms. The lowest BCUT2D eigenvalue weighted by Gasteiger charge is -2.03. The molecule has 0 amide bonds. The summed E-state index contributed by atoms with van der Waals surface area (Å²) in [7, 11) is 0. The average molecular weight is 434 g/mol. The topological polar surface area (TPSA) is 21.7 Å². The van der Waals surface area contributed by atoms with Crippen molar-refractivity contribution in [2.24, 2.45) is 0 Å². The molecule has 3 nitrogen and oxygen atoms in total. The van der Waals surface area contributed by atoms with Gasteiger partial charge < -0.3 is 0 Å². The summed E-state index contributed by atoms with van der Waals surface area (Å²) in [6.45, 7) is 2.12. The molecule has 0 radical (unpaired) electrons. The number of alkyl halides is 1. The van der Waals surface area contributed by atoms with Crippen LogP contribution in [0.4, 0.5) is 0 Å². The fraction of sp³-hybridized carbons (Fsp3) is 0.222. The van der Waals surface area contributed by atoms with E-state index in [4.69, 9.17) is 5.10 Å². The van der Waals surface area contributed by atoms with E-state index in [1.165, 1.54) is 16.4 Å². The molecule has 0 N–H and O–H groups in total. The van der Waals surface area contributed by atoms with E-state index < -0.39 is 0 Å². The summed E-state index contributed by atoms with van der Waals surface area (Å²) in [4.78, 5) is 0. The molecule has 0 fully saturated rings. The Balaban J connectivity index is 1.93. The van der Waals surface area contributed by atoms with Gasteiger partial charge in [0, 0.05) is 15.3 Å². The second-order valence-corrected chi connectivity index (χ2v) is 7.57. The van der Waals surface area contributed by atoms with Gasteiger partial charge >= 0.3 is 11.0 Å². The number of nitrogens with zero attached hydrogens (tertiary/aromatic N) is 3. The van der Waals surface area contributed by atoms with E-state index in [2.05, 4.69) is 93.4 Å². The minimum absolute atomic E-state index is 0.477. The summed E-state index contributed by atoms with van der Waals surface area (Å²) in [5.41, 5.74) is 3.60. The van der Waals surface area contributed by atoms with Gasteiger partial charge in [-0.2, -0.15) is 4.57 Å². The fourth-order valence-electron chi connectivity index (χ4n) is 2.80. The Labute approximate surface area is 153 Å². The van der Waals surface area contributed by atoms with Gasteiger partial charge in [0.15, 0.2) is 0 Å². The molecular formula is C18H17IN3S+. The van der Waals surface area contributed by atoms with Crippen molar-refractivity contribution in [1.82, 2.24) is 9.78 Å². The molecule has 5 heteroatoms. The Hall–Kier alpha value is -1.34. The summed E-state index contributed by atoms with van der Waals surface area (Å²) in [5.74, 6) is 2.12. The maximum Gasteiger partial charge on any atom is 0.314 e. The fourth-order valence-corrected chi connectivity index (χ4v) is 5.15. The summed E-state index contributed by atoms with van der Waals surface area (Å²) < 4.78 is 5.59. The second kappa shape index (κ2) is 6.28. The average Bonchev–Trinajstić information content (AvgIpc) is 3.15. The van der Waals surface area contributed by atoms with Gasteiger partial charge in [-0.15, -0.1) is 0 Å². The van der Waals surface area contributed by atoms with E-state index in [1.54, 1.807) is 0 Å². The van der Waals surface area contributed by atoms with Crippen LogP contribution in [0.5, 0.6) is 0 Å². The highest BCUT2D eigenvalue weighted by molar-refractivity contribution is 14.1. The van der Waals surface area contributed by atoms with Crippen LogP contribution in [0.25, 0.3) is 17.1 Å². The smallest absolute Gasteiger partial charge is 0.184 e. The van der Waals surface area contributed by atoms with Crippen LogP contribution in [0.3, 0.4) is 0 Å². The van der Waals surface area contributed by atoms with Gasteiger partial charge in [-0.1, -0.05) is 63.2 Å². The van der Waals surface area contributed by atoms with Crippen molar-refractivity contribution in [3.63, 3.8) is 0 Å². The first-order valence-corrected chi connectivity index (χ1v) is 10.1. The van der Waals surface area contributed by atoms with Crippen LogP contribution in [-0.2, 0) is 0 Å². The Bertz CT molecular complexity index is 827. The number of hydrogen-bond acceptors (Lipinski definition) is 2. The van der Waals surface area contributed by atoms with Crippen molar-refractivity contribution in [3.8, 4) is 17.1 Å². The number of benzene rings is 2. The molecular weight excluding hydrogens is 417 g/mol. The summed E-state index contributed by atoms with van der Waals surface area (Å²) in [6.07, 6.45) is 0. The minimum atomic E-state index is 0.477. The molecule has 0 unspecified atom stereocenters. The van der Waals surface area contributed by atoms with E-state index in [9.17, 15) is 0 Å². The molecule has 1 aromatic heterocycles. The Morgan fingerprint density at radius 3 is 2.61 bits per heavy atom. The molecule has 0 saturated heterocycles. The van der Waals surface area contributed by atoms with Gasteiger partial charge in [0.25, 0.3) is 0 Å². The number of aromatic nitrogens is 3. The highest BCUT2D eigenvalue weighted by Crippen LogP contribution is 2.34. The number of halogens is 1. The van der Waals surface area contributed by atoms with Crippen molar-refractivity contribution < 1.29 is 4.57 Å². The molecule has 0 saturated carbocycles. The van der Waals surface area contributed by atoms with Gasteiger partial charge in [-0.05, 0) is 43.0 Å². The number of fused-ring (bicyclic) bond motifs is 1. The van der Waals surface area contributed by atoms with E-state index >= 15 is 0 Å². The zero-order chi connectivity index (χ0) is 15.8. The van der Waals surface area contributed by atoms with Gasteiger partial charge in [-0.3, -0.25) is 0 Å². The molecule has 3 aromatic rings. The van der Waals surface area contributed by atoms with Crippen LogP contribution in [0, 0.1) is 6.92 Å². The molecule has 2 aromatic carbocycles. The van der Waals surface area contributed by atoms with Crippen molar-refractivity contribution >= 4 is 34.4 Å². The maximum atomic E-state index is 4.97. The quantitative estimate of drug-likeness (QED) is 0.350. The van der Waals surface area contributed by atoms with Crippen LogP contribution in [0.2, 0.25) is 0 Å². The van der Waals surface area contributed by atoms with Crippen LogP contribution in [0.1, 0.15) is 11.6 Å². The highest BCUT2D eigenvalue weighted by atomic mass is 127. The molecule has 2 heterocycles. The molecule has 1 aliphatic rings. The van der Waals surface area contributed by atoms with Gasteiger partial charge in [0.1, 0.15) is 11.7 Å². The number of rotatable bonds is 3. The monoisotopic (exact) mass is 434 g/mol. The highest BCUT2D eigenvalue weighted by Gasteiger charge is 2.38. The van der Waals surface area contributed by atoms with Crippen molar-refractivity contribution in [3.05, 3.63) is 60.2 Å². The van der Waals surface area contributed by atoms with Gasteiger partial charge in [0.2, 0.25) is 0 Å². The zero-order valence-corrected chi connectivity index (χ0v) is 15.8. The Kier molecular flexibility index (Phi) is 4.15. The normalized spacial score (nSPS) is 16.5. The lowest BCUT2D eigenvalue weighted by molar-refractivity contribution is -0.626. The van der Waals surface area contributed by atoms with Crippen LogP contribution < -0.4 is 4.57 Å². The molecule has 1 aliphatic heterocycles. The predicted molar refractivity (Wildman–Crippen MR) is 103 cm³/mol. The molecule has 0 aliphatic carbocycles. The zero-order valence-electron chi connectivity index (χ0n) is 12.8. The minimum Gasteiger partial charge on any atom is -0.184 e. The summed E-state index contributed by atoms with van der Waals surface area (Å²) in [6, 6.07) is 19.6. The van der Waals surface area contributed by atoms with Crippen LogP contribution in [-0.4, -0.2) is 20.0 Å². The van der Waals surface area contributed by atoms with Gasteiger partial charge in [0.05, 0.1) is 5.56 Å². The molecule has 23 heavy (non-hydrogen) atoms. The first-order chi connectivity index (χ1) is 11.3. The first kappa shape index (κ1) is 15.2. The molecule has 4 rings (SSSR count). The van der Waals surface area contributed by atoms with Crippen molar-refractivity contribution in [2.75, 3.05) is 10.2 Å². The van der Waals surface area contributed by atoms with E-state index in [-0.39, 0.29) is 0 Å². The number of aryl methyl sites for hydroxylation is 1. The van der Waals surface area contributed by atoms with Crippen molar-refractivity contribution in [2.45, 2.75) is 18.1 Å². The SMILES string of the molecule is Cc1ccc(-c2nn3c([n+]2-c2ccccc2)SC[C@@H]3CI)cc1. The number of para-hydroxylation sites is 1. The lowest BCUT2D eigenvalue weighted by Crippen LogP contribution is -2.33. The number of thioether (sulfide) groups is 1. The second-order valence-electron chi connectivity index (χ2n) is 5.71. The molecule has 1 atom stereocenters. The summed E-state index contributed by atoms with van der Waals surface area (Å²) >= 11 is 4.36. The third-order valence-electron chi connectivity index (χ3n) is 4.05.